The summed E-state index contributed by atoms with van der Waals surface area (Å²) in [4.78, 5) is 14.8. The molecule has 0 fully saturated rings. The minimum absolute atomic E-state index is 0. The van der Waals surface area contributed by atoms with E-state index >= 15 is 0 Å². The van der Waals surface area contributed by atoms with E-state index < -0.39 is 0 Å². The number of aliphatic hydroxyl groups is 1. The summed E-state index contributed by atoms with van der Waals surface area (Å²) in [7, 11) is 0. The number of aromatic nitrogens is 1. The van der Waals surface area contributed by atoms with Gasteiger partial charge in [-0.1, -0.05) is 19.1 Å². The zero-order valence-electron chi connectivity index (χ0n) is 17.2. The number of rotatable bonds is 2. The molecule has 3 nitrogen and oxygen atoms in total. The Labute approximate surface area is 180 Å². The summed E-state index contributed by atoms with van der Waals surface area (Å²) in [6.45, 7) is 11.4. The standard InChI is InChI=1S/C19H18N.C5H8O2.Ir/c1-12-6-5-7-16(10-12)18-9-8-17-15(4)14(3)13(2)11-19(17)20-18;1-4(6)3-5(2)7;/h5-6,8-11H,1-4H3;3,6H,1-2H3;/q-1;;/b;4-3-;. The van der Waals surface area contributed by atoms with Crippen LogP contribution in [0.3, 0.4) is 0 Å². The number of aryl methyl sites for hydroxylation is 3. The molecule has 0 aliphatic carbocycles. The SMILES string of the molecule is CC(=O)/C=C(/C)O.Cc1cc[c-]c(-c2ccc3c(C)c(C)c(C)cc3n2)c1.[Ir]. The molecular formula is C24H26IrNO2-. The van der Waals surface area contributed by atoms with E-state index in [9.17, 15) is 4.79 Å². The van der Waals surface area contributed by atoms with Crippen LogP contribution in [0.15, 0.2) is 48.2 Å². The number of ketones is 1. The monoisotopic (exact) mass is 553 g/mol. The molecule has 149 valence electrons. The molecule has 1 aromatic heterocycles. The van der Waals surface area contributed by atoms with Gasteiger partial charge in [-0.25, -0.2) is 0 Å². The van der Waals surface area contributed by atoms with E-state index in [1.165, 1.54) is 47.6 Å². The first-order valence-electron chi connectivity index (χ1n) is 8.93. The Balaban J connectivity index is 0.000000425. The van der Waals surface area contributed by atoms with Crippen molar-refractivity contribution in [1.29, 1.82) is 0 Å². The predicted octanol–water partition coefficient (Wildman–Crippen LogP) is 5.97. The van der Waals surface area contributed by atoms with Gasteiger partial charge in [-0.15, -0.1) is 35.4 Å². The smallest absolute Gasteiger partial charge is 0.155 e. The van der Waals surface area contributed by atoms with Crippen LogP contribution in [0.1, 0.15) is 36.1 Å². The van der Waals surface area contributed by atoms with Crippen molar-refractivity contribution in [3.05, 3.63) is 76.6 Å². The Kier molecular flexibility index (Phi) is 8.74. The molecule has 3 aromatic rings. The Morgan fingerprint density at radius 2 is 1.71 bits per heavy atom. The van der Waals surface area contributed by atoms with Crippen molar-refractivity contribution in [3.63, 3.8) is 0 Å². The molecule has 3 rings (SSSR count). The topological polar surface area (TPSA) is 50.2 Å². The molecule has 0 amide bonds. The van der Waals surface area contributed by atoms with E-state index in [-0.39, 0.29) is 31.6 Å². The van der Waals surface area contributed by atoms with Gasteiger partial charge in [0.2, 0.25) is 0 Å². The molecule has 0 aliphatic heterocycles. The minimum Gasteiger partial charge on any atom is -0.512 e. The number of allylic oxidation sites excluding steroid dienone is 2. The van der Waals surface area contributed by atoms with E-state index in [0.29, 0.717) is 0 Å². The molecular weight excluding hydrogens is 526 g/mol. The maximum Gasteiger partial charge on any atom is 0.155 e. The summed E-state index contributed by atoms with van der Waals surface area (Å²) in [5.74, 6) is -0.0625. The van der Waals surface area contributed by atoms with Gasteiger partial charge in [0.1, 0.15) is 0 Å². The van der Waals surface area contributed by atoms with Crippen molar-refractivity contribution in [2.45, 2.75) is 41.5 Å². The fourth-order valence-electron chi connectivity index (χ4n) is 2.89. The molecule has 0 bridgehead atoms. The number of aliphatic hydroxyl groups excluding tert-OH is 1. The molecule has 0 saturated heterocycles. The second kappa shape index (κ2) is 10.3. The Hall–Kier alpha value is -2.29. The van der Waals surface area contributed by atoms with Crippen molar-refractivity contribution in [2.24, 2.45) is 0 Å². The van der Waals surface area contributed by atoms with Gasteiger partial charge in [-0.05, 0) is 63.1 Å². The minimum atomic E-state index is -0.125. The van der Waals surface area contributed by atoms with Crippen LogP contribution < -0.4 is 0 Å². The molecule has 0 unspecified atom stereocenters. The van der Waals surface area contributed by atoms with Crippen LogP contribution in [-0.2, 0) is 24.9 Å². The summed E-state index contributed by atoms with van der Waals surface area (Å²) in [5.41, 5.74) is 8.33. The third-order valence-corrected chi connectivity index (χ3v) is 4.48. The van der Waals surface area contributed by atoms with Gasteiger partial charge in [-0.2, -0.15) is 0 Å². The number of nitrogens with zero attached hydrogens (tertiary/aromatic N) is 1. The fourth-order valence-corrected chi connectivity index (χ4v) is 2.89. The van der Waals surface area contributed by atoms with E-state index in [0.717, 1.165) is 16.8 Å². The van der Waals surface area contributed by atoms with Crippen LogP contribution in [0, 0.1) is 33.8 Å². The van der Waals surface area contributed by atoms with Crippen LogP contribution in [0.5, 0.6) is 0 Å². The Bertz CT molecular complexity index is 1020. The van der Waals surface area contributed by atoms with Gasteiger partial charge in [0, 0.05) is 31.6 Å². The number of hydrogen-bond acceptors (Lipinski definition) is 3. The molecule has 28 heavy (non-hydrogen) atoms. The number of benzene rings is 2. The van der Waals surface area contributed by atoms with Crippen LogP contribution in [0.2, 0.25) is 0 Å². The van der Waals surface area contributed by atoms with Gasteiger partial charge >= 0.3 is 0 Å². The third kappa shape index (κ3) is 6.12. The fraction of sp³-hybridized carbons (Fsp3) is 0.250. The third-order valence-electron chi connectivity index (χ3n) is 4.48. The average Bonchev–Trinajstić information content (AvgIpc) is 2.59. The second-order valence-corrected chi connectivity index (χ2v) is 6.88. The maximum absolute atomic E-state index is 10.0. The first kappa shape index (κ1) is 23.7. The van der Waals surface area contributed by atoms with Gasteiger partial charge in [0.15, 0.2) is 5.78 Å². The van der Waals surface area contributed by atoms with Crippen LogP contribution in [0.25, 0.3) is 22.2 Å². The van der Waals surface area contributed by atoms with Crippen molar-refractivity contribution in [2.75, 3.05) is 0 Å². The molecule has 1 heterocycles. The Morgan fingerprint density at radius 1 is 1.04 bits per heavy atom. The number of carbonyl (C=O) groups excluding carboxylic acids is 1. The normalized spacial score (nSPS) is 10.7. The number of carbonyl (C=O) groups is 1. The zero-order chi connectivity index (χ0) is 20.1. The van der Waals surface area contributed by atoms with E-state index in [1.807, 2.05) is 6.07 Å². The predicted molar refractivity (Wildman–Crippen MR) is 112 cm³/mol. The van der Waals surface area contributed by atoms with Gasteiger partial charge in [0.05, 0.1) is 11.3 Å². The second-order valence-electron chi connectivity index (χ2n) is 6.88. The molecule has 2 aromatic carbocycles. The van der Waals surface area contributed by atoms with Crippen molar-refractivity contribution in [3.8, 4) is 11.3 Å². The summed E-state index contributed by atoms with van der Waals surface area (Å²) in [6.07, 6.45) is 1.17. The van der Waals surface area contributed by atoms with Crippen molar-refractivity contribution >= 4 is 16.7 Å². The van der Waals surface area contributed by atoms with Crippen LogP contribution >= 0.6 is 0 Å². The van der Waals surface area contributed by atoms with E-state index in [1.54, 1.807) is 0 Å². The first-order valence-corrected chi connectivity index (χ1v) is 8.93. The first-order chi connectivity index (χ1) is 12.7. The van der Waals surface area contributed by atoms with Crippen molar-refractivity contribution in [1.82, 2.24) is 4.98 Å². The molecule has 0 aliphatic rings. The van der Waals surface area contributed by atoms with Crippen LogP contribution in [0.4, 0.5) is 0 Å². The molecule has 0 saturated carbocycles. The summed E-state index contributed by atoms with van der Waals surface area (Å²) in [5, 5.41) is 9.60. The summed E-state index contributed by atoms with van der Waals surface area (Å²) in [6, 6.07) is 15.9. The van der Waals surface area contributed by atoms with Gasteiger partial charge in [-0.3, -0.25) is 9.78 Å². The molecule has 1 radical (unpaired) electrons. The summed E-state index contributed by atoms with van der Waals surface area (Å²) >= 11 is 0. The van der Waals surface area contributed by atoms with Gasteiger partial charge < -0.3 is 5.11 Å². The quantitative estimate of drug-likeness (QED) is 0.242. The Morgan fingerprint density at radius 3 is 2.25 bits per heavy atom. The summed E-state index contributed by atoms with van der Waals surface area (Å²) < 4.78 is 0. The molecule has 1 N–H and O–H groups in total. The zero-order valence-corrected chi connectivity index (χ0v) is 19.6. The van der Waals surface area contributed by atoms with Crippen molar-refractivity contribution < 1.29 is 30.0 Å². The number of fused-ring (bicyclic) bond motifs is 1. The average molecular weight is 553 g/mol. The van der Waals surface area contributed by atoms with E-state index in [4.69, 9.17) is 10.1 Å². The largest absolute Gasteiger partial charge is 0.512 e. The number of hydrogen-bond donors (Lipinski definition) is 1. The van der Waals surface area contributed by atoms with E-state index in [2.05, 4.69) is 64.1 Å². The van der Waals surface area contributed by atoms with Gasteiger partial charge in [0.25, 0.3) is 0 Å². The molecule has 0 spiro atoms. The van der Waals surface area contributed by atoms with Crippen LogP contribution in [-0.4, -0.2) is 15.9 Å². The maximum atomic E-state index is 10.0. The molecule has 4 heteroatoms. The number of pyridine rings is 1. The molecule has 0 atom stereocenters.